The molecule has 1 aliphatic rings. The molecule has 1 aromatic heterocycles. The Labute approximate surface area is 159 Å². The number of halogens is 1. The second-order valence-corrected chi connectivity index (χ2v) is 6.22. The van der Waals surface area contributed by atoms with Crippen LogP contribution in [-0.4, -0.2) is 29.8 Å². The number of hydrogen-bond acceptors (Lipinski definition) is 4. The zero-order chi connectivity index (χ0) is 19.1. The molecule has 0 aliphatic carbocycles. The number of rotatable bonds is 3. The Bertz CT molecular complexity index is 866. The zero-order valence-corrected chi connectivity index (χ0v) is 16.1. The molecule has 26 heavy (non-hydrogen) atoms. The highest BCUT2D eigenvalue weighted by Crippen LogP contribution is 2.26. The molecule has 1 atom stereocenters. The molecule has 1 aliphatic heterocycles. The fourth-order valence-corrected chi connectivity index (χ4v) is 2.65. The Balaban J connectivity index is 2.31. The van der Waals surface area contributed by atoms with Crippen LogP contribution in [0.1, 0.15) is 31.5 Å². The quantitative estimate of drug-likeness (QED) is 0.595. The first-order chi connectivity index (χ1) is 12.4. The number of esters is 1. The summed E-state index contributed by atoms with van der Waals surface area (Å²) in [7, 11) is 1.32. The average Bonchev–Trinajstić information content (AvgIpc) is 2.63. The minimum Gasteiger partial charge on any atom is -0.464 e. The minimum atomic E-state index is -0.497. The molecule has 0 fully saturated rings. The number of ether oxygens (including phenoxy) is 1. The smallest absolute Gasteiger partial charge is 0.356 e. The van der Waals surface area contributed by atoms with Crippen molar-refractivity contribution in [3.05, 3.63) is 64.0 Å². The number of methoxy groups -OCH3 is 1. The molecule has 5 heteroatoms. The molecule has 2 rings (SSSR count). The van der Waals surface area contributed by atoms with Gasteiger partial charge < -0.3 is 4.74 Å². The van der Waals surface area contributed by atoms with Gasteiger partial charge in [0, 0.05) is 16.8 Å². The zero-order valence-electron chi connectivity index (χ0n) is 15.3. The van der Waals surface area contributed by atoms with Gasteiger partial charge in [0.05, 0.1) is 13.2 Å². The Hall–Kier alpha value is -2.64. The van der Waals surface area contributed by atoms with Gasteiger partial charge in [0.15, 0.2) is 0 Å². The van der Waals surface area contributed by atoms with E-state index in [2.05, 4.69) is 21.8 Å². The van der Waals surface area contributed by atoms with Crippen molar-refractivity contribution in [2.75, 3.05) is 7.11 Å². The third-order valence-electron chi connectivity index (χ3n) is 3.70. The lowest BCUT2D eigenvalue weighted by molar-refractivity contribution is -0.132. The number of carbonyl (C=O) groups excluding carboxylic acids is 1. The Morgan fingerprint density at radius 3 is 2.77 bits per heavy atom. The SMILES string of the molecule is CC/C=C(C#Cc1ccc(C)cn1)\C=C1\C(Cl)=CC(C(=O)OC)=NC1C. The summed E-state index contributed by atoms with van der Waals surface area (Å²) >= 11 is 6.37. The van der Waals surface area contributed by atoms with E-state index in [1.54, 1.807) is 6.20 Å². The minimum absolute atomic E-state index is 0.220. The normalized spacial score (nSPS) is 18.6. The number of aromatic nitrogens is 1. The maximum Gasteiger partial charge on any atom is 0.356 e. The van der Waals surface area contributed by atoms with Crippen LogP contribution in [-0.2, 0) is 9.53 Å². The Morgan fingerprint density at radius 1 is 1.42 bits per heavy atom. The van der Waals surface area contributed by atoms with Crippen molar-refractivity contribution in [1.82, 2.24) is 4.98 Å². The first-order valence-electron chi connectivity index (χ1n) is 8.34. The van der Waals surface area contributed by atoms with Crippen molar-refractivity contribution in [3.8, 4) is 11.8 Å². The monoisotopic (exact) mass is 368 g/mol. The highest BCUT2D eigenvalue weighted by Gasteiger charge is 2.22. The van der Waals surface area contributed by atoms with Gasteiger partial charge in [-0.2, -0.15) is 0 Å². The van der Waals surface area contributed by atoms with Gasteiger partial charge in [-0.25, -0.2) is 9.78 Å². The molecular formula is C21H21ClN2O2. The van der Waals surface area contributed by atoms with Crippen LogP contribution in [0, 0.1) is 18.8 Å². The second-order valence-electron chi connectivity index (χ2n) is 5.81. The predicted molar refractivity (Wildman–Crippen MR) is 105 cm³/mol. The molecule has 1 unspecified atom stereocenters. The van der Waals surface area contributed by atoms with E-state index in [4.69, 9.17) is 16.3 Å². The maximum absolute atomic E-state index is 11.7. The summed E-state index contributed by atoms with van der Waals surface area (Å²) in [5.41, 5.74) is 3.66. The third kappa shape index (κ3) is 5.18. The van der Waals surface area contributed by atoms with Gasteiger partial charge >= 0.3 is 5.97 Å². The van der Waals surface area contributed by atoms with Crippen molar-refractivity contribution in [1.29, 1.82) is 0 Å². The highest BCUT2D eigenvalue weighted by atomic mass is 35.5. The fourth-order valence-electron chi connectivity index (χ4n) is 2.34. The highest BCUT2D eigenvalue weighted by molar-refractivity contribution is 6.45. The molecule has 0 saturated carbocycles. The van der Waals surface area contributed by atoms with E-state index in [0.717, 1.165) is 23.1 Å². The lowest BCUT2D eigenvalue weighted by Crippen LogP contribution is -2.21. The fraction of sp³-hybridized carbons (Fsp3) is 0.286. The van der Waals surface area contributed by atoms with E-state index in [1.807, 2.05) is 45.1 Å². The summed E-state index contributed by atoms with van der Waals surface area (Å²) in [6, 6.07) is 3.60. The average molecular weight is 369 g/mol. The van der Waals surface area contributed by atoms with Gasteiger partial charge in [0.2, 0.25) is 0 Å². The second kappa shape index (κ2) is 9.17. The number of carbonyl (C=O) groups is 1. The number of aliphatic imine (C=N–C) groups is 1. The number of aryl methyl sites for hydroxylation is 1. The number of hydrogen-bond donors (Lipinski definition) is 0. The first-order valence-corrected chi connectivity index (χ1v) is 8.72. The van der Waals surface area contributed by atoms with Crippen LogP contribution in [0.4, 0.5) is 0 Å². The lowest BCUT2D eigenvalue weighted by atomic mass is 10.0. The van der Waals surface area contributed by atoms with Crippen molar-refractivity contribution < 1.29 is 9.53 Å². The standard InChI is InChI=1S/C21H21ClN2O2/c1-5-6-16(8-10-17-9-7-14(2)13-23-17)11-18-15(3)24-20(12-19(18)22)21(25)26-4/h6-7,9,11-13,15H,5H2,1-4H3/b16-6-,18-11+. The maximum atomic E-state index is 11.7. The van der Waals surface area contributed by atoms with Gasteiger partial charge in [-0.1, -0.05) is 36.6 Å². The van der Waals surface area contributed by atoms with E-state index in [1.165, 1.54) is 13.2 Å². The lowest BCUT2D eigenvalue weighted by Gasteiger charge is -2.17. The van der Waals surface area contributed by atoms with Gasteiger partial charge in [-0.15, -0.1) is 0 Å². The summed E-state index contributed by atoms with van der Waals surface area (Å²) in [5.74, 6) is 5.71. The molecule has 4 nitrogen and oxygen atoms in total. The van der Waals surface area contributed by atoms with Crippen LogP contribution < -0.4 is 0 Å². The molecule has 0 bridgehead atoms. The first kappa shape index (κ1) is 19.7. The van der Waals surface area contributed by atoms with Gasteiger partial charge in [-0.05, 0) is 55.5 Å². The molecule has 0 aromatic carbocycles. The van der Waals surface area contributed by atoms with Crippen LogP contribution in [0.15, 0.2) is 57.7 Å². The summed E-state index contributed by atoms with van der Waals surface area (Å²) in [6.07, 6.45) is 8.08. The van der Waals surface area contributed by atoms with E-state index in [-0.39, 0.29) is 11.8 Å². The Morgan fingerprint density at radius 2 is 2.19 bits per heavy atom. The van der Waals surface area contributed by atoms with Crippen molar-refractivity contribution in [3.63, 3.8) is 0 Å². The summed E-state index contributed by atoms with van der Waals surface area (Å²) in [6.45, 7) is 5.90. The van der Waals surface area contributed by atoms with Crippen molar-refractivity contribution in [2.24, 2.45) is 4.99 Å². The van der Waals surface area contributed by atoms with Gasteiger partial charge in [0.25, 0.3) is 0 Å². The third-order valence-corrected chi connectivity index (χ3v) is 4.03. The largest absolute Gasteiger partial charge is 0.464 e. The van der Waals surface area contributed by atoms with Gasteiger partial charge in [0.1, 0.15) is 11.4 Å². The predicted octanol–water partition coefficient (Wildman–Crippen LogP) is 4.14. The number of pyridine rings is 1. The molecule has 134 valence electrons. The molecule has 1 aromatic rings. The van der Waals surface area contributed by atoms with Crippen LogP contribution in [0.2, 0.25) is 0 Å². The molecular weight excluding hydrogens is 348 g/mol. The molecule has 0 N–H and O–H groups in total. The molecule has 0 spiro atoms. The summed E-state index contributed by atoms with van der Waals surface area (Å²) in [4.78, 5) is 20.3. The van der Waals surface area contributed by atoms with E-state index < -0.39 is 5.97 Å². The molecule has 0 amide bonds. The van der Waals surface area contributed by atoms with E-state index >= 15 is 0 Å². The number of allylic oxidation sites excluding steroid dienone is 3. The number of dihydropyridines is 1. The Kier molecular flexibility index (Phi) is 6.94. The van der Waals surface area contributed by atoms with Crippen LogP contribution in [0.5, 0.6) is 0 Å². The van der Waals surface area contributed by atoms with E-state index in [9.17, 15) is 4.79 Å². The summed E-state index contributed by atoms with van der Waals surface area (Å²) < 4.78 is 4.70. The van der Waals surface area contributed by atoms with Crippen LogP contribution in [0.25, 0.3) is 0 Å². The summed E-state index contributed by atoms with van der Waals surface area (Å²) in [5, 5.41) is 0.463. The molecule has 0 saturated heterocycles. The van der Waals surface area contributed by atoms with Crippen LogP contribution in [0.3, 0.4) is 0 Å². The molecule has 0 radical (unpaired) electrons. The van der Waals surface area contributed by atoms with Crippen LogP contribution >= 0.6 is 11.6 Å². The van der Waals surface area contributed by atoms with Gasteiger partial charge in [-0.3, -0.25) is 4.99 Å². The molecule has 2 heterocycles. The van der Waals surface area contributed by atoms with Crippen molar-refractivity contribution >= 4 is 23.3 Å². The number of nitrogens with zero attached hydrogens (tertiary/aromatic N) is 2. The topological polar surface area (TPSA) is 51.5 Å². The van der Waals surface area contributed by atoms with E-state index in [0.29, 0.717) is 10.7 Å². The van der Waals surface area contributed by atoms with Crippen molar-refractivity contribution in [2.45, 2.75) is 33.2 Å².